The number of hydrogen-bond acceptors (Lipinski definition) is 4. The molecule has 0 aliphatic rings. The molecule has 2 atom stereocenters. The van der Waals surface area contributed by atoms with Crippen molar-refractivity contribution >= 4 is 11.9 Å². The first-order valence-electron chi connectivity index (χ1n) is 8.92. The Labute approximate surface area is 174 Å². The van der Waals surface area contributed by atoms with Crippen LogP contribution in [-0.2, 0) is 19.5 Å². The number of carbonyl (C=O) groups is 2. The van der Waals surface area contributed by atoms with Crippen LogP contribution in [0, 0.1) is 0 Å². The number of carbonyl (C=O) groups excluding carboxylic acids is 2. The molecular weight excluding hydrogens is 394 g/mol. The second-order valence-corrected chi connectivity index (χ2v) is 6.44. The fourth-order valence-electron chi connectivity index (χ4n) is 2.37. The third-order valence-electron chi connectivity index (χ3n) is 4.66. The van der Waals surface area contributed by atoms with Gasteiger partial charge in [0.1, 0.15) is 0 Å². The van der Waals surface area contributed by atoms with Gasteiger partial charge in [0.2, 0.25) is 0 Å². The van der Waals surface area contributed by atoms with Gasteiger partial charge in [-0.3, -0.25) is 0 Å². The monoisotopic (exact) mass is 418 g/mol. The third kappa shape index (κ3) is 8.05. The molecule has 0 aromatic heterocycles. The van der Waals surface area contributed by atoms with Crippen molar-refractivity contribution < 1.29 is 39.3 Å². The summed E-state index contributed by atoms with van der Waals surface area (Å²) in [4.78, 5) is 20.9. The van der Waals surface area contributed by atoms with E-state index in [1.165, 1.54) is 11.1 Å². The van der Waals surface area contributed by atoms with Crippen LogP contribution in [0.15, 0.2) is 48.5 Å². The van der Waals surface area contributed by atoms with Gasteiger partial charge in [-0.15, -0.1) is 0 Å². The molecule has 0 spiro atoms. The Hall–Kier alpha value is -2.00. The van der Waals surface area contributed by atoms with Crippen LogP contribution in [-0.4, -0.2) is 11.9 Å². The predicted octanol–water partition coefficient (Wildman–Crippen LogP) is 3.12. The predicted molar refractivity (Wildman–Crippen MR) is 99.0 cm³/mol. The molecule has 0 fully saturated rings. The van der Waals surface area contributed by atoms with E-state index < -0.39 is 11.9 Å². The molecule has 0 heterocycles. The Bertz CT molecular complexity index is 645. The zero-order valence-electron chi connectivity index (χ0n) is 16.5. The Morgan fingerprint density at radius 3 is 1.15 bits per heavy atom. The first-order valence-corrected chi connectivity index (χ1v) is 8.92. The average molecular weight is 420 g/mol. The summed E-state index contributed by atoms with van der Waals surface area (Å²) in [6.07, 6.45) is 2.12. The van der Waals surface area contributed by atoms with Crippen molar-refractivity contribution in [3.63, 3.8) is 0 Å². The van der Waals surface area contributed by atoms with Crippen LogP contribution in [0.5, 0.6) is 0 Å². The number of carboxylic acid groups (broad SMARTS) is 2. The number of rotatable bonds is 6. The molecule has 0 N–H and O–H groups in total. The van der Waals surface area contributed by atoms with Crippen LogP contribution in [0.4, 0.5) is 0 Å². The van der Waals surface area contributed by atoms with E-state index in [-0.39, 0.29) is 30.6 Å². The Balaban J connectivity index is 0.000000483. The van der Waals surface area contributed by atoms with Gasteiger partial charge in [-0.1, -0.05) is 76.2 Å². The molecule has 5 heteroatoms. The summed E-state index contributed by atoms with van der Waals surface area (Å²) in [7, 11) is 0. The SMILES string of the molecule is CCC(C)c1ccc(C(=O)[O-])cc1.CCC(C)c1ccc(C(=O)[O-])cc1.[Zn+2]. The first-order chi connectivity index (χ1) is 12.3. The maximum atomic E-state index is 10.4. The van der Waals surface area contributed by atoms with E-state index in [0.717, 1.165) is 12.8 Å². The van der Waals surface area contributed by atoms with Crippen LogP contribution in [0.3, 0.4) is 0 Å². The molecule has 0 aliphatic heterocycles. The summed E-state index contributed by atoms with van der Waals surface area (Å²) in [6.45, 7) is 8.46. The minimum Gasteiger partial charge on any atom is -0.545 e. The molecule has 27 heavy (non-hydrogen) atoms. The summed E-state index contributed by atoms with van der Waals surface area (Å²) in [5.74, 6) is -1.27. The van der Waals surface area contributed by atoms with Gasteiger partial charge in [0.25, 0.3) is 0 Å². The van der Waals surface area contributed by atoms with Gasteiger partial charge in [0, 0.05) is 0 Å². The van der Waals surface area contributed by atoms with Crippen molar-refractivity contribution in [2.45, 2.75) is 52.4 Å². The summed E-state index contributed by atoms with van der Waals surface area (Å²) in [5, 5.41) is 20.9. The number of benzene rings is 2. The minimum absolute atomic E-state index is 0. The topological polar surface area (TPSA) is 80.3 Å². The largest absolute Gasteiger partial charge is 2.00 e. The zero-order valence-corrected chi connectivity index (χ0v) is 19.5. The molecule has 2 rings (SSSR count). The summed E-state index contributed by atoms with van der Waals surface area (Å²) >= 11 is 0. The molecule has 0 radical (unpaired) electrons. The minimum atomic E-state index is -1.12. The Morgan fingerprint density at radius 1 is 0.704 bits per heavy atom. The van der Waals surface area contributed by atoms with Crippen molar-refractivity contribution in [1.29, 1.82) is 0 Å². The zero-order chi connectivity index (χ0) is 19.7. The van der Waals surface area contributed by atoms with Gasteiger partial charge < -0.3 is 19.8 Å². The van der Waals surface area contributed by atoms with Crippen LogP contribution >= 0.6 is 0 Å². The molecule has 2 aromatic carbocycles. The second kappa shape index (κ2) is 12.4. The van der Waals surface area contributed by atoms with Gasteiger partial charge in [-0.05, 0) is 46.9 Å². The van der Waals surface area contributed by atoms with Crippen LogP contribution < -0.4 is 10.2 Å². The van der Waals surface area contributed by atoms with E-state index in [9.17, 15) is 19.8 Å². The van der Waals surface area contributed by atoms with E-state index in [1.807, 2.05) is 24.3 Å². The Morgan fingerprint density at radius 2 is 0.963 bits per heavy atom. The summed E-state index contributed by atoms with van der Waals surface area (Å²) < 4.78 is 0. The number of aromatic carboxylic acids is 2. The normalized spacial score (nSPS) is 12.0. The summed E-state index contributed by atoms with van der Waals surface area (Å²) in [6, 6.07) is 13.8. The van der Waals surface area contributed by atoms with Crippen molar-refractivity contribution in [3.05, 3.63) is 70.8 Å². The standard InChI is InChI=1S/2C11H14O2.Zn/c2*1-3-8(2)9-4-6-10(7-5-9)11(12)13;/h2*4-8H,3H2,1-2H3,(H,12,13);/q;;+2/p-2. The molecule has 0 saturated carbocycles. The van der Waals surface area contributed by atoms with Gasteiger partial charge in [0.05, 0.1) is 11.9 Å². The molecule has 140 valence electrons. The van der Waals surface area contributed by atoms with Crippen LogP contribution in [0.25, 0.3) is 0 Å². The van der Waals surface area contributed by atoms with Crippen molar-refractivity contribution in [1.82, 2.24) is 0 Å². The average Bonchev–Trinajstić information content (AvgIpc) is 2.67. The first kappa shape index (κ1) is 25.0. The van der Waals surface area contributed by atoms with E-state index in [1.54, 1.807) is 24.3 Å². The molecular formula is C22H26O4Zn. The quantitative estimate of drug-likeness (QED) is 0.674. The molecule has 0 saturated heterocycles. The van der Waals surface area contributed by atoms with E-state index >= 15 is 0 Å². The van der Waals surface area contributed by atoms with Gasteiger partial charge in [-0.25, -0.2) is 0 Å². The fourth-order valence-corrected chi connectivity index (χ4v) is 2.37. The second-order valence-electron chi connectivity index (χ2n) is 6.44. The van der Waals surface area contributed by atoms with E-state index in [4.69, 9.17) is 0 Å². The molecule has 2 aromatic rings. The van der Waals surface area contributed by atoms with Gasteiger partial charge in [-0.2, -0.15) is 0 Å². The van der Waals surface area contributed by atoms with E-state index in [2.05, 4.69) is 27.7 Å². The fraction of sp³-hybridized carbons (Fsp3) is 0.364. The van der Waals surface area contributed by atoms with Crippen molar-refractivity contribution in [3.8, 4) is 0 Å². The van der Waals surface area contributed by atoms with Crippen molar-refractivity contribution in [2.75, 3.05) is 0 Å². The third-order valence-corrected chi connectivity index (χ3v) is 4.66. The molecule has 2 unspecified atom stereocenters. The summed E-state index contributed by atoms with van der Waals surface area (Å²) in [5.41, 5.74) is 2.83. The van der Waals surface area contributed by atoms with Crippen LogP contribution in [0.1, 0.15) is 84.2 Å². The molecule has 0 aliphatic carbocycles. The molecule has 0 bridgehead atoms. The number of carboxylic acids is 2. The van der Waals surface area contributed by atoms with Crippen molar-refractivity contribution in [2.24, 2.45) is 0 Å². The smallest absolute Gasteiger partial charge is 0.545 e. The van der Waals surface area contributed by atoms with Gasteiger partial charge in [0.15, 0.2) is 0 Å². The maximum Gasteiger partial charge on any atom is 2.00 e. The molecule has 4 nitrogen and oxygen atoms in total. The number of hydrogen-bond donors (Lipinski definition) is 0. The van der Waals surface area contributed by atoms with Crippen LogP contribution in [0.2, 0.25) is 0 Å². The molecule has 0 amide bonds. The maximum absolute atomic E-state index is 10.4. The Kier molecular flexibility index (Phi) is 11.5. The van der Waals surface area contributed by atoms with Gasteiger partial charge >= 0.3 is 19.5 Å². The van der Waals surface area contributed by atoms with E-state index in [0.29, 0.717) is 11.8 Å².